The molecule has 0 heterocycles. The largest absolute Gasteiger partial charge is 1.00 e. The van der Waals surface area contributed by atoms with Crippen LogP contribution in [0.25, 0.3) is 0 Å². The van der Waals surface area contributed by atoms with Crippen molar-refractivity contribution in [3.05, 3.63) is 28.8 Å². The Morgan fingerprint density at radius 2 is 1.52 bits per heavy atom. The van der Waals surface area contributed by atoms with Gasteiger partial charge in [0.05, 0.1) is 5.97 Å². The molecule has 0 aliphatic heterocycles. The van der Waals surface area contributed by atoms with E-state index in [0.29, 0.717) is 6.42 Å². The van der Waals surface area contributed by atoms with Gasteiger partial charge in [0, 0.05) is 5.56 Å². The summed E-state index contributed by atoms with van der Waals surface area (Å²) in [7, 11) is 0. The average Bonchev–Trinajstić information content (AvgIpc) is 2.52. The molecule has 1 aromatic rings. The number of carbonyl (C=O) groups excluding carboxylic acids is 1. The maximum atomic E-state index is 11.3. The fourth-order valence-corrected chi connectivity index (χ4v) is 3.23. The summed E-state index contributed by atoms with van der Waals surface area (Å²) >= 11 is 0. The monoisotopic (exact) mass is 384 g/mol. The van der Waals surface area contributed by atoms with Crippen LogP contribution in [0, 0.1) is 5.92 Å². The van der Waals surface area contributed by atoms with Crippen LogP contribution in [0.4, 0.5) is 0 Å². The number of phenols is 1. The second kappa shape index (κ2) is 12.9. The number of hydrogen-bond acceptors (Lipinski definition) is 3. The van der Waals surface area contributed by atoms with Gasteiger partial charge in [-0.3, -0.25) is 0 Å². The third-order valence-corrected chi connectivity index (χ3v) is 5.00. The quantitative estimate of drug-likeness (QED) is 0.471. The van der Waals surface area contributed by atoms with Crippen molar-refractivity contribution in [1.82, 2.24) is 0 Å². The fraction of sp³-hybridized carbons (Fsp3) is 0.696. The minimum absolute atomic E-state index is 0. The molecule has 0 aliphatic carbocycles. The number of aromatic carboxylic acids is 1. The van der Waals surface area contributed by atoms with E-state index in [1.165, 1.54) is 38.5 Å². The van der Waals surface area contributed by atoms with Crippen LogP contribution in [0.2, 0.25) is 0 Å². The van der Waals surface area contributed by atoms with Gasteiger partial charge in [-0.2, -0.15) is 0 Å². The molecule has 0 spiro atoms. The van der Waals surface area contributed by atoms with Crippen molar-refractivity contribution in [2.24, 2.45) is 5.92 Å². The van der Waals surface area contributed by atoms with Crippen molar-refractivity contribution in [3.63, 3.8) is 0 Å². The Kier molecular flexibility index (Phi) is 12.6. The summed E-state index contributed by atoms with van der Waals surface area (Å²) in [6.07, 6.45) is 10.5. The zero-order chi connectivity index (χ0) is 19.7. The van der Waals surface area contributed by atoms with Gasteiger partial charge in [0.2, 0.25) is 0 Å². The summed E-state index contributed by atoms with van der Waals surface area (Å²) < 4.78 is 0. The molecule has 0 unspecified atom stereocenters. The molecule has 0 radical (unpaired) electrons. The molecule has 0 amide bonds. The topological polar surface area (TPSA) is 60.4 Å². The Bertz CT molecular complexity index is 574. The Hall–Kier alpha value is -0.510. The molecule has 27 heavy (non-hydrogen) atoms. The standard InChI is InChI=1S/C23H38O3.Na/c1-17(2)13-11-9-7-6-8-10-12-14-18-15-19(23(3,4)5)16-20(21(18)24)22(25)26;/h15-17,24H,6-14H2,1-5H3,(H,25,26);/q;+1/p-1. The van der Waals surface area contributed by atoms with Crippen LogP contribution >= 0.6 is 0 Å². The molecule has 1 rings (SSSR count). The summed E-state index contributed by atoms with van der Waals surface area (Å²) in [6.45, 7) is 10.7. The summed E-state index contributed by atoms with van der Waals surface area (Å²) in [6, 6.07) is 3.50. The first-order valence-electron chi connectivity index (χ1n) is 10.2. The molecule has 3 nitrogen and oxygen atoms in total. The second-order valence-electron chi connectivity index (χ2n) is 8.98. The number of carboxylic acid groups (broad SMARTS) is 1. The van der Waals surface area contributed by atoms with E-state index < -0.39 is 5.97 Å². The Morgan fingerprint density at radius 3 is 2.00 bits per heavy atom. The van der Waals surface area contributed by atoms with Gasteiger partial charge in [-0.1, -0.05) is 85.6 Å². The zero-order valence-electron chi connectivity index (χ0n) is 18.4. The molecule has 0 saturated heterocycles. The fourth-order valence-electron chi connectivity index (χ4n) is 3.23. The van der Waals surface area contributed by atoms with Crippen LogP contribution in [-0.4, -0.2) is 11.1 Å². The minimum Gasteiger partial charge on any atom is -0.545 e. The minimum atomic E-state index is -1.31. The molecule has 148 valence electrons. The van der Waals surface area contributed by atoms with Gasteiger partial charge >= 0.3 is 29.6 Å². The number of carbonyl (C=O) groups is 1. The first-order chi connectivity index (χ1) is 12.1. The Balaban J connectivity index is 0.00000676. The van der Waals surface area contributed by atoms with E-state index in [1.54, 1.807) is 6.07 Å². The first-order valence-corrected chi connectivity index (χ1v) is 10.2. The number of rotatable bonds is 11. The molecule has 0 bridgehead atoms. The predicted molar refractivity (Wildman–Crippen MR) is 107 cm³/mol. The number of benzene rings is 1. The van der Waals surface area contributed by atoms with Crippen molar-refractivity contribution in [1.29, 1.82) is 0 Å². The number of aromatic hydroxyl groups is 1. The molecular weight excluding hydrogens is 347 g/mol. The number of hydrogen-bond donors (Lipinski definition) is 1. The van der Waals surface area contributed by atoms with Crippen molar-refractivity contribution in [3.8, 4) is 5.75 Å². The van der Waals surface area contributed by atoms with Crippen LogP contribution in [0.5, 0.6) is 5.75 Å². The predicted octanol–water partition coefficient (Wildman–Crippen LogP) is 2.38. The van der Waals surface area contributed by atoms with E-state index in [9.17, 15) is 15.0 Å². The molecule has 0 saturated carbocycles. The van der Waals surface area contributed by atoms with Crippen molar-refractivity contribution < 1.29 is 44.6 Å². The molecule has 0 fully saturated rings. The maximum Gasteiger partial charge on any atom is 1.00 e. The smallest absolute Gasteiger partial charge is 0.545 e. The maximum absolute atomic E-state index is 11.3. The molecule has 1 N–H and O–H groups in total. The van der Waals surface area contributed by atoms with Gasteiger partial charge in [-0.15, -0.1) is 0 Å². The number of carboxylic acids is 1. The van der Waals surface area contributed by atoms with Gasteiger partial charge in [-0.25, -0.2) is 0 Å². The molecule has 4 heteroatoms. The van der Waals surface area contributed by atoms with E-state index in [4.69, 9.17) is 0 Å². The van der Waals surface area contributed by atoms with Crippen LogP contribution < -0.4 is 34.7 Å². The third-order valence-electron chi connectivity index (χ3n) is 5.00. The second-order valence-corrected chi connectivity index (χ2v) is 8.98. The van der Waals surface area contributed by atoms with Crippen LogP contribution in [-0.2, 0) is 11.8 Å². The summed E-state index contributed by atoms with van der Waals surface area (Å²) in [5, 5.41) is 21.6. The molecule has 0 aromatic heterocycles. The average molecular weight is 385 g/mol. The number of aryl methyl sites for hydroxylation is 1. The van der Waals surface area contributed by atoms with Crippen LogP contribution in [0.1, 0.15) is 107 Å². The normalized spacial score (nSPS) is 11.5. The van der Waals surface area contributed by atoms with E-state index in [0.717, 1.165) is 29.9 Å². The van der Waals surface area contributed by atoms with Crippen LogP contribution in [0.15, 0.2) is 12.1 Å². The van der Waals surface area contributed by atoms with Gasteiger partial charge in [0.1, 0.15) is 5.75 Å². The van der Waals surface area contributed by atoms with Crippen molar-refractivity contribution in [2.75, 3.05) is 0 Å². The van der Waals surface area contributed by atoms with E-state index in [-0.39, 0.29) is 46.3 Å². The van der Waals surface area contributed by atoms with Gasteiger partial charge in [-0.05, 0) is 41.4 Å². The Morgan fingerprint density at radius 1 is 1.00 bits per heavy atom. The van der Waals surface area contributed by atoms with Gasteiger partial charge < -0.3 is 15.0 Å². The van der Waals surface area contributed by atoms with E-state index in [1.807, 2.05) is 26.8 Å². The summed E-state index contributed by atoms with van der Waals surface area (Å²) in [4.78, 5) is 11.3. The summed E-state index contributed by atoms with van der Waals surface area (Å²) in [5.74, 6) is -0.625. The zero-order valence-corrected chi connectivity index (χ0v) is 20.4. The molecular formula is C23H37NaO3. The van der Waals surface area contributed by atoms with E-state index >= 15 is 0 Å². The van der Waals surface area contributed by atoms with E-state index in [2.05, 4.69) is 13.8 Å². The molecule has 0 atom stereocenters. The number of unbranched alkanes of at least 4 members (excludes halogenated alkanes) is 6. The van der Waals surface area contributed by atoms with Crippen molar-refractivity contribution >= 4 is 5.97 Å². The molecule has 0 aliphatic rings. The Labute approximate surface area is 188 Å². The summed E-state index contributed by atoms with van der Waals surface area (Å²) in [5.41, 5.74) is 1.41. The van der Waals surface area contributed by atoms with Gasteiger partial charge in [0.25, 0.3) is 0 Å². The van der Waals surface area contributed by atoms with Crippen LogP contribution in [0.3, 0.4) is 0 Å². The van der Waals surface area contributed by atoms with Gasteiger partial charge in [0.15, 0.2) is 0 Å². The SMILES string of the molecule is CC(C)CCCCCCCCCc1cc(C(C)(C)C)cc(C(=O)[O-])c1O.[Na+]. The van der Waals surface area contributed by atoms with Crippen molar-refractivity contribution in [2.45, 2.75) is 97.8 Å². The first kappa shape index (κ1) is 26.5. The molecule has 1 aromatic carbocycles. The third kappa shape index (κ3) is 10.0.